The van der Waals surface area contributed by atoms with Crippen molar-refractivity contribution >= 4 is 44.2 Å². The zero-order chi connectivity index (χ0) is 19.1. The van der Waals surface area contributed by atoms with Crippen LogP contribution in [0.5, 0.6) is 5.75 Å². The van der Waals surface area contributed by atoms with Crippen LogP contribution in [-0.2, 0) is 22.6 Å². The molecule has 2 heterocycles. The molecule has 0 amide bonds. The van der Waals surface area contributed by atoms with Gasteiger partial charge >= 0.3 is 5.97 Å². The number of anilines is 2. The van der Waals surface area contributed by atoms with Gasteiger partial charge < -0.3 is 14.8 Å². The van der Waals surface area contributed by atoms with Crippen molar-refractivity contribution in [1.29, 1.82) is 0 Å². The molecule has 0 aliphatic heterocycles. The Morgan fingerprint density at radius 3 is 2.89 bits per heavy atom. The van der Waals surface area contributed by atoms with E-state index in [1.807, 2.05) is 41.8 Å². The van der Waals surface area contributed by atoms with E-state index in [0.717, 1.165) is 10.0 Å². The van der Waals surface area contributed by atoms with Crippen molar-refractivity contribution in [2.45, 2.75) is 20.0 Å². The number of nitrogens with zero attached hydrogens (tertiary/aromatic N) is 2. The van der Waals surface area contributed by atoms with Gasteiger partial charge in [-0.25, -0.2) is 9.97 Å². The van der Waals surface area contributed by atoms with Gasteiger partial charge in [0.25, 0.3) is 0 Å². The molecule has 0 aliphatic rings. The van der Waals surface area contributed by atoms with Crippen molar-refractivity contribution in [3.63, 3.8) is 0 Å². The number of benzene rings is 1. The molecule has 0 unspecified atom stereocenters. The van der Waals surface area contributed by atoms with Crippen LogP contribution in [0.4, 0.5) is 10.9 Å². The smallest absolute Gasteiger partial charge is 0.311 e. The second-order valence-corrected chi connectivity index (χ2v) is 7.30. The Morgan fingerprint density at radius 1 is 1.30 bits per heavy atom. The lowest BCUT2D eigenvalue weighted by atomic mass is 10.2. The fourth-order valence-electron chi connectivity index (χ4n) is 2.27. The number of esters is 1. The molecule has 0 aliphatic carbocycles. The van der Waals surface area contributed by atoms with E-state index in [-0.39, 0.29) is 12.4 Å². The van der Waals surface area contributed by atoms with Crippen LogP contribution in [0.1, 0.15) is 18.2 Å². The third-order valence-corrected chi connectivity index (χ3v) is 4.70. The van der Waals surface area contributed by atoms with E-state index in [1.54, 1.807) is 13.1 Å². The largest absolute Gasteiger partial charge is 0.485 e. The van der Waals surface area contributed by atoms with E-state index in [4.69, 9.17) is 9.47 Å². The second kappa shape index (κ2) is 9.48. The molecule has 6 nitrogen and oxygen atoms in total. The summed E-state index contributed by atoms with van der Waals surface area (Å²) in [6.07, 6.45) is 1.84. The van der Waals surface area contributed by atoms with Crippen LogP contribution in [-0.4, -0.2) is 22.5 Å². The standard InChI is InChI=1S/C19H18BrN3O3S/c1-2-25-17(24)9-15-12-27-19(22-15)23-18-16(8-14(20)10-21-18)26-11-13-6-4-3-5-7-13/h3-8,10,12H,2,9,11H2,1H3,(H,21,22,23). The molecule has 2 aromatic heterocycles. The summed E-state index contributed by atoms with van der Waals surface area (Å²) < 4.78 is 11.7. The number of hydrogen-bond acceptors (Lipinski definition) is 7. The van der Waals surface area contributed by atoms with E-state index < -0.39 is 0 Å². The van der Waals surface area contributed by atoms with Gasteiger partial charge in [0.05, 0.1) is 18.7 Å². The predicted octanol–water partition coefficient (Wildman–Crippen LogP) is 4.73. The average molecular weight is 448 g/mol. The zero-order valence-corrected chi connectivity index (χ0v) is 17.0. The summed E-state index contributed by atoms with van der Waals surface area (Å²) in [7, 11) is 0. The number of pyridine rings is 1. The van der Waals surface area contributed by atoms with Crippen molar-refractivity contribution < 1.29 is 14.3 Å². The molecule has 8 heteroatoms. The Kier molecular flexibility index (Phi) is 6.78. The third kappa shape index (κ3) is 5.77. The Hall–Kier alpha value is -2.45. The molecule has 27 heavy (non-hydrogen) atoms. The lowest BCUT2D eigenvalue weighted by Crippen LogP contribution is -2.07. The van der Waals surface area contributed by atoms with Gasteiger partial charge in [0, 0.05) is 16.0 Å². The highest BCUT2D eigenvalue weighted by atomic mass is 79.9. The van der Waals surface area contributed by atoms with E-state index in [9.17, 15) is 4.79 Å². The van der Waals surface area contributed by atoms with Crippen molar-refractivity contribution in [1.82, 2.24) is 9.97 Å². The lowest BCUT2D eigenvalue weighted by Gasteiger charge is -2.11. The highest BCUT2D eigenvalue weighted by Crippen LogP contribution is 2.30. The fraction of sp³-hybridized carbons (Fsp3) is 0.211. The number of hydrogen-bond donors (Lipinski definition) is 1. The minimum Gasteiger partial charge on any atom is -0.485 e. The molecule has 3 rings (SSSR count). The summed E-state index contributed by atoms with van der Waals surface area (Å²) in [6.45, 7) is 2.57. The number of carbonyl (C=O) groups excluding carboxylic acids is 1. The van der Waals surface area contributed by atoms with Gasteiger partial charge in [-0.1, -0.05) is 30.3 Å². The first kappa shape index (κ1) is 19.3. The topological polar surface area (TPSA) is 73.3 Å². The third-order valence-electron chi connectivity index (χ3n) is 3.46. The molecule has 0 saturated heterocycles. The van der Waals surface area contributed by atoms with Crippen LogP contribution in [0.2, 0.25) is 0 Å². The van der Waals surface area contributed by atoms with Crippen molar-refractivity contribution in [3.8, 4) is 5.75 Å². The number of nitrogens with one attached hydrogen (secondary N) is 1. The van der Waals surface area contributed by atoms with E-state index >= 15 is 0 Å². The molecule has 0 atom stereocenters. The SMILES string of the molecule is CCOC(=O)Cc1csc(Nc2ncc(Br)cc2OCc2ccccc2)n1. The second-order valence-electron chi connectivity index (χ2n) is 5.53. The summed E-state index contributed by atoms with van der Waals surface area (Å²) in [5, 5.41) is 5.62. The van der Waals surface area contributed by atoms with E-state index in [1.165, 1.54) is 11.3 Å². The molecule has 0 radical (unpaired) electrons. The summed E-state index contributed by atoms with van der Waals surface area (Å²) >= 11 is 4.81. The summed E-state index contributed by atoms with van der Waals surface area (Å²) in [4.78, 5) is 20.4. The maximum absolute atomic E-state index is 11.6. The highest BCUT2D eigenvalue weighted by Gasteiger charge is 2.12. The monoisotopic (exact) mass is 447 g/mol. The first-order valence-corrected chi connectivity index (χ1v) is 10.0. The molecule has 3 aromatic rings. The fourth-order valence-corrected chi connectivity index (χ4v) is 3.29. The Balaban J connectivity index is 1.69. The number of halogens is 1. The van der Waals surface area contributed by atoms with Crippen molar-refractivity contribution in [2.24, 2.45) is 0 Å². The van der Waals surface area contributed by atoms with Gasteiger partial charge in [0.15, 0.2) is 16.7 Å². The maximum atomic E-state index is 11.6. The quantitative estimate of drug-likeness (QED) is 0.503. The number of carbonyl (C=O) groups is 1. The molecule has 0 saturated carbocycles. The minimum atomic E-state index is -0.289. The van der Waals surface area contributed by atoms with Crippen molar-refractivity contribution in [3.05, 3.63) is 63.7 Å². The zero-order valence-electron chi connectivity index (χ0n) is 14.6. The van der Waals surface area contributed by atoms with Gasteiger partial charge in [0.1, 0.15) is 6.61 Å². The number of rotatable bonds is 8. The Labute approximate surface area is 169 Å². The number of thiazole rings is 1. The molecule has 140 valence electrons. The van der Waals surface area contributed by atoms with Gasteiger partial charge in [-0.3, -0.25) is 4.79 Å². The Morgan fingerprint density at radius 2 is 2.11 bits per heavy atom. The van der Waals surface area contributed by atoms with Gasteiger partial charge in [-0.2, -0.15) is 0 Å². The normalized spacial score (nSPS) is 10.4. The minimum absolute atomic E-state index is 0.150. The first-order valence-electron chi connectivity index (χ1n) is 8.33. The number of ether oxygens (including phenoxy) is 2. The molecule has 0 bridgehead atoms. The van der Waals surface area contributed by atoms with E-state index in [0.29, 0.717) is 35.6 Å². The molecule has 1 aromatic carbocycles. The highest BCUT2D eigenvalue weighted by molar-refractivity contribution is 9.10. The maximum Gasteiger partial charge on any atom is 0.311 e. The predicted molar refractivity (Wildman–Crippen MR) is 108 cm³/mol. The first-order chi connectivity index (χ1) is 13.1. The summed E-state index contributed by atoms with van der Waals surface area (Å²) in [6, 6.07) is 11.8. The summed E-state index contributed by atoms with van der Waals surface area (Å²) in [5.41, 5.74) is 1.72. The van der Waals surface area contributed by atoms with Crippen LogP contribution in [0.25, 0.3) is 0 Å². The van der Waals surface area contributed by atoms with Crippen LogP contribution >= 0.6 is 27.3 Å². The Bertz CT molecular complexity index is 902. The summed E-state index contributed by atoms with van der Waals surface area (Å²) in [5.74, 6) is 0.879. The molecular formula is C19H18BrN3O3S. The molecule has 0 fully saturated rings. The number of aromatic nitrogens is 2. The molecular weight excluding hydrogens is 430 g/mol. The van der Waals surface area contributed by atoms with Gasteiger partial charge in [0.2, 0.25) is 0 Å². The van der Waals surface area contributed by atoms with Crippen LogP contribution in [0, 0.1) is 0 Å². The van der Waals surface area contributed by atoms with Gasteiger partial charge in [-0.15, -0.1) is 11.3 Å². The van der Waals surface area contributed by atoms with E-state index in [2.05, 4.69) is 31.2 Å². The van der Waals surface area contributed by atoms with Crippen LogP contribution < -0.4 is 10.1 Å². The lowest BCUT2D eigenvalue weighted by molar-refractivity contribution is -0.142. The molecule has 1 N–H and O–H groups in total. The van der Waals surface area contributed by atoms with Crippen LogP contribution in [0.3, 0.4) is 0 Å². The van der Waals surface area contributed by atoms with Crippen molar-refractivity contribution in [2.75, 3.05) is 11.9 Å². The van der Waals surface area contributed by atoms with Crippen LogP contribution in [0.15, 0.2) is 52.4 Å². The van der Waals surface area contributed by atoms with Gasteiger partial charge in [-0.05, 0) is 34.5 Å². The average Bonchev–Trinajstić information content (AvgIpc) is 3.09. The molecule has 0 spiro atoms.